The van der Waals surface area contributed by atoms with Gasteiger partial charge in [0.2, 0.25) is 0 Å². The molecule has 0 aliphatic carbocycles. The molecule has 0 fully saturated rings. The van der Waals surface area contributed by atoms with Crippen molar-refractivity contribution in [2.75, 3.05) is 6.61 Å². The molecule has 0 unspecified atom stereocenters. The lowest BCUT2D eigenvalue weighted by molar-refractivity contribution is -0.384. The van der Waals surface area contributed by atoms with Crippen molar-refractivity contribution in [1.29, 1.82) is 0 Å². The van der Waals surface area contributed by atoms with E-state index in [4.69, 9.17) is 4.74 Å². The molecule has 0 bridgehead atoms. The molecule has 9 nitrogen and oxygen atoms in total. The highest BCUT2D eigenvalue weighted by Gasteiger charge is 2.08. The molecule has 146 valence electrons. The van der Waals surface area contributed by atoms with Crippen LogP contribution in [0.4, 0.5) is 5.69 Å². The fourth-order valence-corrected chi connectivity index (χ4v) is 2.13. The molecule has 0 radical (unpaired) electrons. The van der Waals surface area contributed by atoms with Crippen LogP contribution in [-0.2, 0) is 4.79 Å². The van der Waals surface area contributed by atoms with Gasteiger partial charge in [0.1, 0.15) is 5.75 Å². The van der Waals surface area contributed by atoms with Crippen molar-refractivity contribution in [3.05, 3.63) is 69.8 Å². The van der Waals surface area contributed by atoms with Crippen LogP contribution in [0.25, 0.3) is 0 Å². The molecule has 0 atom stereocenters. The Morgan fingerprint density at radius 2 is 1.79 bits per heavy atom. The summed E-state index contributed by atoms with van der Waals surface area (Å²) in [6.45, 7) is 3.66. The quantitative estimate of drug-likeness (QED) is 0.410. The zero-order valence-electron chi connectivity index (χ0n) is 15.4. The molecule has 28 heavy (non-hydrogen) atoms. The van der Waals surface area contributed by atoms with Gasteiger partial charge in [-0.2, -0.15) is 5.10 Å². The summed E-state index contributed by atoms with van der Waals surface area (Å²) in [5.74, 6) is -0.150. The minimum atomic E-state index is -0.538. The van der Waals surface area contributed by atoms with E-state index in [0.29, 0.717) is 11.3 Å². The summed E-state index contributed by atoms with van der Waals surface area (Å²) >= 11 is 0. The molecule has 0 saturated carbocycles. The molecule has 9 heteroatoms. The number of nitro benzene ring substituents is 1. The van der Waals surface area contributed by atoms with Gasteiger partial charge >= 0.3 is 0 Å². The minimum absolute atomic E-state index is 0.0518. The monoisotopic (exact) mass is 384 g/mol. The Labute approximate surface area is 161 Å². The summed E-state index contributed by atoms with van der Waals surface area (Å²) < 4.78 is 5.38. The Kier molecular flexibility index (Phi) is 7.21. The summed E-state index contributed by atoms with van der Waals surface area (Å²) in [6.07, 6.45) is 1.44. The third-order valence-corrected chi connectivity index (χ3v) is 3.42. The molecular weight excluding hydrogens is 364 g/mol. The maximum Gasteiger partial charge on any atom is 0.271 e. The summed E-state index contributed by atoms with van der Waals surface area (Å²) in [5, 5.41) is 17.2. The number of benzene rings is 2. The van der Waals surface area contributed by atoms with Crippen molar-refractivity contribution < 1.29 is 19.2 Å². The van der Waals surface area contributed by atoms with Crippen LogP contribution in [0.3, 0.4) is 0 Å². The van der Waals surface area contributed by atoms with Gasteiger partial charge in [-0.15, -0.1) is 0 Å². The predicted molar refractivity (Wildman–Crippen MR) is 103 cm³/mol. The standard InChI is InChI=1S/C19H20N4O5/c1-13(2)21-18(24)12-28-17-9-3-14(4-10-17)11-20-22-19(25)15-5-7-16(8-6-15)23(26)27/h3-11,13H,12H2,1-2H3,(H,21,24)(H,22,25)/b20-11-. The molecular formula is C19H20N4O5. The molecule has 0 heterocycles. The largest absolute Gasteiger partial charge is 0.484 e. The van der Waals surface area contributed by atoms with Crippen molar-refractivity contribution in [1.82, 2.24) is 10.7 Å². The number of carbonyl (C=O) groups excluding carboxylic acids is 2. The van der Waals surface area contributed by atoms with Crippen LogP contribution in [-0.4, -0.2) is 35.6 Å². The van der Waals surface area contributed by atoms with Crippen molar-refractivity contribution >= 4 is 23.7 Å². The van der Waals surface area contributed by atoms with Gasteiger partial charge in [-0.1, -0.05) is 0 Å². The van der Waals surface area contributed by atoms with Gasteiger partial charge in [0.15, 0.2) is 6.61 Å². The van der Waals surface area contributed by atoms with Gasteiger partial charge in [-0.05, 0) is 55.8 Å². The number of hydrogen-bond donors (Lipinski definition) is 2. The first-order chi connectivity index (χ1) is 13.3. The Morgan fingerprint density at radius 3 is 2.36 bits per heavy atom. The number of hydrogen-bond acceptors (Lipinski definition) is 6. The van der Waals surface area contributed by atoms with E-state index in [0.717, 1.165) is 0 Å². The molecule has 0 aliphatic rings. The van der Waals surface area contributed by atoms with Crippen molar-refractivity contribution in [2.24, 2.45) is 5.10 Å². The highest BCUT2D eigenvalue weighted by atomic mass is 16.6. The molecule has 2 aromatic carbocycles. The topological polar surface area (TPSA) is 123 Å². The van der Waals surface area contributed by atoms with Crippen LogP contribution in [0.1, 0.15) is 29.8 Å². The van der Waals surface area contributed by atoms with E-state index in [1.807, 2.05) is 13.8 Å². The first-order valence-corrected chi connectivity index (χ1v) is 8.45. The van der Waals surface area contributed by atoms with E-state index in [2.05, 4.69) is 15.8 Å². The Hall–Kier alpha value is -3.75. The summed E-state index contributed by atoms with van der Waals surface area (Å²) in [6, 6.07) is 12.1. The Balaban J connectivity index is 1.84. The van der Waals surface area contributed by atoms with Gasteiger partial charge < -0.3 is 10.1 Å². The molecule has 2 aromatic rings. The number of ether oxygens (including phenoxy) is 1. The second kappa shape index (κ2) is 9.81. The molecule has 2 amide bonds. The van der Waals surface area contributed by atoms with E-state index < -0.39 is 10.8 Å². The minimum Gasteiger partial charge on any atom is -0.484 e. The highest BCUT2D eigenvalue weighted by molar-refractivity contribution is 5.95. The first kappa shape index (κ1) is 20.6. The van der Waals surface area contributed by atoms with Gasteiger partial charge in [0.25, 0.3) is 17.5 Å². The number of rotatable bonds is 8. The average Bonchev–Trinajstić information content (AvgIpc) is 2.67. The normalized spacial score (nSPS) is 10.7. The molecule has 0 aliphatic heterocycles. The van der Waals surface area contributed by atoms with Crippen LogP contribution >= 0.6 is 0 Å². The van der Waals surface area contributed by atoms with Gasteiger partial charge in [0.05, 0.1) is 11.1 Å². The lowest BCUT2D eigenvalue weighted by Crippen LogP contribution is -2.34. The SMILES string of the molecule is CC(C)NC(=O)COc1ccc(/C=N\NC(=O)c2ccc([N+](=O)[O-])cc2)cc1. The van der Waals surface area contributed by atoms with E-state index >= 15 is 0 Å². The third kappa shape index (κ3) is 6.52. The van der Waals surface area contributed by atoms with E-state index in [9.17, 15) is 19.7 Å². The van der Waals surface area contributed by atoms with Crippen LogP contribution in [0.5, 0.6) is 5.75 Å². The van der Waals surface area contributed by atoms with Crippen LogP contribution in [0, 0.1) is 10.1 Å². The summed E-state index contributed by atoms with van der Waals surface area (Å²) in [7, 11) is 0. The van der Waals surface area contributed by atoms with Crippen LogP contribution < -0.4 is 15.5 Å². The molecule has 0 saturated heterocycles. The maximum atomic E-state index is 11.9. The van der Waals surface area contributed by atoms with E-state index in [-0.39, 0.29) is 29.8 Å². The van der Waals surface area contributed by atoms with Crippen molar-refractivity contribution in [3.63, 3.8) is 0 Å². The van der Waals surface area contributed by atoms with Gasteiger partial charge in [-0.3, -0.25) is 19.7 Å². The van der Waals surface area contributed by atoms with Crippen molar-refractivity contribution in [2.45, 2.75) is 19.9 Å². The zero-order chi connectivity index (χ0) is 20.5. The third-order valence-electron chi connectivity index (χ3n) is 3.42. The number of non-ortho nitro benzene ring substituents is 1. The number of amides is 2. The zero-order valence-corrected chi connectivity index (χ0v) is 15.4. The fraction of sp³-hybridized carbons (Fsp3) is 0.211. The lowest BCUT2D eigenvalue weighted by atomic mass is 10.2. The maximum absolute atomic E-state index is 11.9. The van der Waals surface area contributed by atoms with Crippen molar-refractivity contribution in [3.8, 4) is 5.75 Å². The van der Waals surface area contributed by atoms with E-state index in [1.54, 1.807) is 24.3 Å². The second-order valence-corrected chi connectivity index (χ2v) is 6.08. The summed E-state index contributed by atoms with van der Waals surface area (Å²) in [4.78, 5) is 33.5. The Bertz CT molecular complexity index is 861. The molecule has 2 rings (SSSR count). The molecule has 2 N–H and O–H groups in total. The Morgan fingerprint density at radius 1 is 1.14 bits per heavy atom. The second-order valence-electron chi connectivity index (χ2n) is 6.08. The van der Waals surface area contributed by atoms with Gasteiger partial charge in [-0.25, -0.2) is 5.43 Å². The van der Waals surface area contributed by atoms with E-state index in [1.165, 1.54) is 30.5 Å². The van der Waals surface area contributed by atoms with Crippen LogP contribution in [0.15, 0.2) is 53.6 Å². The number of nitro groups is 1. The number of nitrogens with one attached hydrogen (secondary N) is 2. The summed E-state index contributed by atoms with van der Waals surface area (Å²) in [5.41, 5.74) is 3.22. The van der Waals surface area contributed by atoms with Crippen LogP contribution in [0.2, 0.25) is 0 Å². The smallest absolute Gasteiger partial charge is 0.271 e. The average molecular weight is 384 g/mol. The number of nitrogens with zero attached hydrogens (tertiary/aromatic N) is 2. The fourth-order valence-electron chi connectivity index (χ4n) is 2.13. The molecule has 0 aromatic heterocycles. The number of hydrazone groups is 1. The predicted octanol–water partition coefficient (Wildman–Crippen LogP) is 2.26. The number of carbonyl (C=O) groups is 2. The highest BCUT2D eigenvalue weighted by Crippen LogP contribution is 2.12. The van der Waals surface area contributed by atoms with Gasteiger partial charge in [0, 0.05) is 23.7 Å². The first-order valence-electron chi connectivity index (χ1n) is 8.45. The molecule has 0 spiro atoms. The lowest BCUT2D eigenvalue weighted by Gasteiger charge is -2.09.